The van der Waals surface area contributed by atoms with Crippen LogP contribution in [0.3, 0.4) is 0 Å². The molecule has 1 aromatic carbocycles. The van der Waals surface area contributed by atoms with Crippen molar-refractivity contribution in [2.45, 2.75) is 19.5 Å². The first kappa shape index (κ1) is 13.6. The molecular formula is C13H13ClN2O3. The number of hydrogen-bond acceptors (Lipinski definition) is 4. The summed E-state index contributed by atoms with van der Waals surface area (Å²) < 4.78 is 4.92. The number of carbonyl (C=O) groups is 1. The number of carboxylic acids is 1. The monoisotopic (exact) mass is 280 g/mol. The highest BCUT2D eigenvalue weighted by Gasteiger charge is 2.13. The van der Waals surface area contributed by atoms with Crippen LogP contribution in [0, 0.1) is 0 Å². The predicted octanol–water partition coefficient (Wildman–Crippen LogP) is 2.88. The minimum Gasteiger partial charge on any atom is -0.476 e. The molecule has 0 saturated carbocycles. The van der Waals surface area contributed by atoms with Crippen LogP contribution >= 0.6 is 11.6 Å². The molecule has 1 unspecified atom stereocenters. The SMILES string of the molecule is CC(NCc1cc(C(=O)O)no1)c1ccccc1Cl. The second-order valence-electron chi connectivity index (χ2n) is 4.11. The fourth-order valence-corrected chi connectivity index (χ4v) is 1.99. The summed E-state index contributed by atoms with van der Waals surface area (Å²) in [5.74, 6) is -0.634. The van der Waals surface area contributed by atoms with Gasteiger partial charge in [0.15, 0.2) is 11.5 Å². The van der Waals surface area contributed by atoms with Gasteiger partial charge < -0.3 is 14.9 Å². The maximum atomic E-state index is 10.7. The number of nitrogens with one attached hydrogen (secondary N) is 1. The smallest absolute Gasteiger partial charge is 0.358 e. The van der Waals surface area contributed by atoms with E-state index in [9.17, 15) is 4.79 Å². The lowest BCUT2D eigenvalue weighted by atomic mass is 10.1. The average Bonchev–Trinajstić information content (AvgIpc) is 2.85. The third-order valence-corrected chi connectivity index (χ3v) is 3.08. The van der Waals surface area contributed by atoms with E-state index in [2.05, 4.69) is 10.5 Å². The number of benzene rings is 1. The number of hydrogen-bond donors (Lipinski definition) is 2. The van der Waals surface area contributed by atoms with E-state index < -0.39 is 5.97 Å². The number of carboxylic acid groups (broad SMARTS) is 1. The summed E-state index contributed by atoms with van der Waals surface area (Å²) in [6.07, 6.45) is 0. The Kier molecular flexibility index (Phi) is 4.19. The molecule has 0 spiro atoms. The second-order valence-corrected chi connectivity index (χ2v) is 4.51. The molecule has 0 saturated heterocycles. The summed E-state index contributed by atoms with van der Waals surface area (Å²) in [5.41, 5.74) is 0.879. The number of nitrogens with zero attached hydrogens (tertiary/aromatic N) is 1. The van der Waals surface area contributed by atoms with Crippen molar-refractivity contribution in [2.24, 2.45) is 0 Å². The lowest BCUT2D eigenvalue weighted by molar-refractivity contribution is 0.0685. The fraction of sp³-hybridized carbons (Fsp3) is 0.231. The van der Waals surface area contributed by atoms with Crippen molar-refractivity contribution in [1.82, 2.24) is 10.5 Å². The van der Waals surface area contributed by atoms with Gasteiger partial charge in [-0.2, -0.15) is 0 Å². The minimum absolute atomic E-state index is 0.0204. The molecule has 0 aliphatic carbocycles. The zero-order chi connectivity index (χ0) is 13.8. The van der Waals surface area contributed by atoms with Crippen LogP contribution in [0.5, 0.6) is 0 Å². The number of aromatic carboxylic acids is 1. The molecule has 0 fully saturated rings. The first-order valence-electron chi connectivity index (χ1n) is 5.74. The van der Waals surface area contributed by atoms with Crippen LogP contribution in [0.4, 0.5) is 0 Å². The van der Waals surface area contributed by atoms with Gasteiger partial charge in [-0.1, -0.05) is 35.0 Å². The molecule has 19 heavy (non-hydrogen) atoms. The molecule has 100 valence electrons. The number of aromatic nitrogens is 1. The van der Waals surface area contributed by atoms with Crippen LogP contribution in [-0.2, 0) is 6.54 Å². The number of rotatable bonds is 5. The lowest BCUT2D eigenvalue weighted by Crippen LogP contribution is -2.18. The van der Waals surface area contributed by atoms with Gasteiger partial charge >= 0.3 is 5.97 Å². The van der Waals surface area contributed by atoms with Gasteiger partial charge in [-0.3, -0.25) is 0 Å². The molecule has 2 aromatic rings. The standard InChI is InChI=1S/C13H13ClN2O3/c1-8(10-4-2-3-5-11(10)14)15-7-9-6-12(13(17)18)16-19-9/h2-6,8,15H,7H2,1H3,(H,17,18). The average molecular weight is 281 g/mol. The quantitative estimate of drug-likeness (QED) is 0.881. The summed E-state index contributed by atoms with van der Waals surface area (Å²) in [6.45, 7) is 2.35. The van der Waals surface area contributed by atoms with E-state index in [0.29, 0.717) is 17.3 Å². The zero-order valence-electron chi connectivity index (χ0n) is 10.3. The van der Waals surface area contributed by atoms with Crippen LogP contribution < -0.4 is 5.32 Å². The van der Waals surface area contributed by atoms with Crippen LogP contribution in [-0.4, -0.2) is 16.2 Å². The van der Waals surface area contributed by atoms with E-state index in [-0.39, 0.29) is 11.7 Å². The Balaban J connectivity index is 1.98. The Labute approximate surface area is 115 Å². The third-order valence-electron chi connectivity index (χ3n) is 2.73. The molecule has 2 rings (SSSR count). The molecule has 6 heteroatoms. The van der Waals surface area contributed by atoms with E-state index in [0.717, 1.165) is 5.56 Å². The van der Waals surface area contributed by atoms with Crippen LogP contribution in [0.15, 0.2) is 34.9 Å². The summed E-state index contributed by atoms with van der Waals surface area (Å²) in [4.78, 5) is 10.7. The normalized spacial score (nSPS) is 12.3. The molecule has 1 heterocycles. The minimum atomic E-state index is -1.10. The van der Waals surface area contributed by atoms with Crippen molar-refractivity contribution >= 4 is 17.6 Å². The van der Waals surface area contributed by atoms with E-state index in [1.807, 2.05) is 31.2 Å². The largest absolute Gasteiger partial charge is 0.476 e. The Bertz CT molecular complexity index is 583. The van der Waals surface area contributed by atoms with E-state index in [1.165, 1.54) is 6.07 Å². The van der Waals surface area contributed by atoms with E-state index in [1.54, 1.807) is 0 Å². The predicted molar refractivity (Wildman–Crippen MR) is 70.2 cm³/mol. The van der Waals surface area contributed by atoms with Crippen molar-refractivity contribution in [3.63, 3.8) is 0 Å². The molecule has 0 amide bonds. The van der Waals surface area contributed by atoms with Gasteiger partial charge in [-0.25, -0.2) is 4.79 Å². The highest BCUT2D eigenvalue weighted by molar-refractivity contribution is 6.31. The van der Waals surface area contributed by atoms with Gasteiger partial charge in [-0.05, 0) is 18.6 Å². The number of halogens is 1. The first-order chi connectivity index (χ1) is 9.08. The van der Waals surface area contributed by atoms with Crippen LogP contribution in [0.1, 0.15) is 34.8 Å². The van der Waals surface area contributed by atoms with Gasteiger partial charge in [-0.15, -0.1) is 0 Å². The Morgan fingerprint density at radius 2 is 2.26 bits per heavy atom. The zero-order valence-corrected chi connectivity index (χ0v) is 11.0. The van der Waals surface area contributed by atoms with Gasteiger partial charge in [0.25, 0.3) is 0 Å². The van der Waals surface area contributed by atoms with Crippen LogP contribution in [0.25, 0.3) is 0 Å². The first-order valence-corrected chi connectivity index (χ1v) is 6.12. The third kappa shape index (κ3) is 3.33. The fourth-order valence-electron chi connectivity index (χ4n) is 1.69. The maximum absolute atomic E-state index is 10.7. The van der Waals surface area contributed by atoms with Crippen molar-refractivity contribution < 1.29 is 14.4 Å². The second kappa shape index (κ2) is 5.86. The van der Waals surface area contributed by atoms with Gasteiger partial charge in [0.2, 0.25) is 0 Å². The molecule has 5 nitrogen and oxygen atoms in total. The molecule has 0 bridgehead atoms. The molecule has 0 aliphatic rings. The Hall–Kier alpha value is -1.85. The summed E-state index contributed by atoms with van der Waals surface area (Å²) in [7, 11) is 0. The van der Waals surface area contributed by atoms with E-state index >= 15 is 0 Å². The van der Waals surface area contributed by atoms with Gasteiger partial charge in [0.05, 0.1) is 6.54 Å². The Morgan fingerprint density at radius 3 is 2.89 bits per heavy atom. The molecule has 2 N–H and O–H groups in total. The van der Waals surface area contributed by atoms with Crippen molar-refractivity contribution in [2.75, 3.05) is 0 Å². The molecule has 1 aromatic heterocycles. The van der Waals surface area contributed by atoms with Gasteiger partial charge in [0, 0.05) is 17.1 Å². The van der Waals surface area contributed by atoms with E-state index in [4.69, 9.17) is 21.2 Å². The Morgan fingerprint density at radius 1 is 1.53 bits per heavy atom. The highest BCUT2D eigenvalue weighted by Crippen LogP contribution is 2.22. The molecule has 0 aliphatic heterocycles. The van der Waals surface area contributed by atoms with Crippen molar-refractivity contribution in [1.29, 1.82) is 0 Å². The molecular weight excluding hydrogens is 268 g/mol. The highest BCUT2D eigenvalue weighted by atomic mass is 35.5. The van der Waals surface area contributed by atoms with Crippen molar-refractivity contribution in [3.8, 4) is 0 Å². The lowest BCUT2D eigenvalue weighted by Gasteiger charge is -2.14. The maximum Gasteiger partial charge on any atom is 0.358 e. The van der Waals surface area contributed by atoms with Crippen LogP contribution in [0.2, 0.25) is 5.02 Å². The summed E-state index contributed by atoms with van der Waals surface area (Å²) in [5, 5.41) is 16.1. The summed E-state index contributed by atoms with van der Waals surface area (Å²) >= 11 is 6.09. The summed E-state index contributed by atoms with van der Waals surface area (Å²) in [6, 6.07) is 8.96. The topological polar surface area (TPSA) is 75.4 Å². The molecule has 0 radical (unpaired) electrons. The molecule has 1 atom stereocenters. The van der Waals surface area contributed by atoms with Gasteiger partial charge in [0.1, 0.15) is 0 Å². The van der Waals surface area contributed by atoms with Crippen molar-refractivity contribution in [3.05, 3.63) is 52.4 Å².